The van der Waals surface area contributed by atoms with Crippen LogP contribution in [-0.2, 0) is 20.0 Å². The van der Waals surface area contributed by atoms with Crippen LogP contribution in [0.3, 0.4) is 0 Å². The molecule has 10 heteroatoms. The van der Waals surface area contributed by atoms with E-state index in [1.165, 1.54) is 11.6 Å². The van der Waals surface area contributed by atoms with E-state index in [-0.39, 0.29) is 19.1 Å². The van der Waals surface area contributed by atoms with Crippen LogP contribution in [0.2, 0.25) is 0 Å². The number of ether oxygens (including phenoxy) is 3. The van der Waals surface area contributed by atoms with Gasteiger partial charge in [-0.1, -0.05) is 0 Å². The SMILES string of the molecule is CN=C(NCCCc1cnn(C)c1)NCc1cc2c(cc1OC(F)F)OCO2. The van der Waals surface area contributed by atoms with Gasteiger partial charge in [-0.2, -0.15) is 13.9 Å². The van der Waals surface area contributed by atoms with Gasteiger partial charge in [0, 0.05) is 45.0 Å². The van der Waals surface area contributed by atoms with Crippen molar-refractivity contribution in [3.63, 3.8) is 0 Å². The van der Waals surface area contributed by atoms with Gasteiger partial charge in [0.2, 0.25) is 6.79 Å². The average Bonchev–Trinajstić information content (AvgIpc) is 3.28. The van der Waals surface area contributed by atoms with Crippen molar-refractivity contribution in [1.82, 2.24) is 20.4 Å². The van der Waals surface area contributed by atoms with Gasteiger partial charge in [-0.3, -0.25) is 9.67 Å². The number of rotatable bonds is 8. The van der Waals surface area contributed by atoms with E-state index in [1.54, 1.807) is 17.8 Å². The number of aryl methyl sites for hydroxylation is 2. The number of hydrogen-bond acceptors (Lipinski definition) is 5. The normalized spacial score (nSPS) is 13.1. The number of hydrogen-bond donors (Lipinski definition) is 2. The molecule has 0 unspecified atom stereocenters. The predicted molar refractivity (Wildman–Crippen MR) is 98.9 cm³/mol. The van der Waals surface area contributed by atoms with Crippen molar-refractivity contribution in [2.45, 2.75) is 26.0 Å². The van der Waals surface area contributed by atoms with Crippen molar-refractivity contribution in [3.8, 4) is 17.2 Å². The third-order valence-electron chi connectivity index (χ3n) is 4.13. The van der Waals surface area contributed by atoms with Crippen LogP contribution < -0.4 is 24.8 Å². The second-order valence-corrected chi connectivity index (χ2v) is 6.17. The first kappa shape index (κ1) is 19.7. The molecule has 0 bridgehead atoms. The molecule has 0 aliphatic carbocycles. The van der Waals surface area contributed by atoms with Gasteiger partial charge in [0.15, 0.2) is 17.5 Å². The van der Waals surface area contributed by atoms with E-state index in [0.29, 0.717) is 29.6 Å². The minimum absolute atomic E-state index is 0.0405. The first-order valence-corrected chi connectivity index (χ1v) is 8.84. The van der Waals surface area contributed by atoms with Crippen LogP contribution in [0.1, 0.15) is 17.5 Å². The van der Waals surface area contributed by atoms with Crippen LogP contribution in [0.15, 0.2) is 29.5 Å². The molecular formula is C18H23F2N5O3. The van der Waals surface area contributed by atoms with Gasteiger partial charge in [0.25, 0.3) is 0 Å². The van der Waals surface area contributed by atoms with Gasteiger partial charge in [-0.05, 0) is 24.5 Å². The highest BCUT2D eigenvalue weighted by Gasteiger charge is 2.20. The van der Waals surface area contributed by atoms with Gasteiger partial charge >= 0.3 is 6.61 Å². The quantitative estimate of drug-likeness (QED) is 0.405. The highest BCUT2D eigenvalue weighted by Crippen LogP contribution is 2.38. The summed E-state index contributed by atoms with van der Waals surface area (Å²) in [7, 11) is 3.53. The van der Waals surface area contributed by atoms with Gasteiger partial charge in [-0.25, -0.2) is 0 Å². The van der Waals surface area contributed by atoms with Crippen molar-refractivity contribution >= 4 is 5.96 Å². The van der Waals surface area contributed by atoms with Crippen LogP contribution in [0, 0.1) is 0 Å². The predicted octanol–water partition coefficient (Wildman–Crippen LogP) is 2.05. The van der Waals surface area contributed by atoms with Crippen molar-refractivity contribution < 1.29 is 23.0 Å². The summed E-state index contributed by atoms with van der Waals surface area (Å²) in [5, 5.41) is 10.4. The Morgan fingerprint density at radius 2 is 2.11 bits per heavy atom. The Balaban J connectivity index is 1.52. The second-order valence-electron chi connectivity index (χ2n) is 6.17. The van der Waals surface area contributed by atoms with Crippen LogP contribution >= 0.6 is 0 Å². The van der Waals surface area contributed by atoms with Crippen LogP contribution in [-0.4, -0.2) is 42.7 Å². The average molecular weight is 395 g/mol. The monoisotopic (exact) mass is 395 g/mol. The summed E-state index contributed by atoms with van der Waals surface area (Å²) in [6, 6.07) is 3.04. The number of halogens is 2. The number of benzene rings is 1. The van der Waals surface area contributed by atoms with Gasteiger partial charge in [0.05, 0.1) is 6.20 Å². The highest BCUT2D eigenvalue weighted by atomic mass is 19.3. The summed E-state index contributed by atoms with van der Waals surface area (Å²) < 4.78 is 42.3. The minimum atomic E-state index is -2.93. The van der Waals surface area contributed by atoms with Crippen molar-refractivity contribution in [1.29, 1.82) is 0 Å². The first-order valence-electron chi connectivity index (χ1n) is 8.84. The molecule has 0 radical (unpaired) electrons. The molecule has 2 heterocycles. The molecule has 0 amide bonds. The van der Waals surface area contributed by atoms with Crippen LogP contribution in [0.4, 0.5) is 8.78 Å². The fourth-order valence-electron chi connectivity index (χ4n) is 2.81. The van der Waals surface area contributed by atoms with Crippen molar-refractivity contribution in [2.75, 3.05) is 20.4 Å². The maximum Gasteiger partial charge on any atom is 0.387 e. The number of fused-ring (bicyclic) bond motifs is 1. The van der Waals surface area contributed by atoms with Gasteiger partial charge in [0.1, 0.15) is 5.75 Å². The molecule has 1 aliphatic heterocycles. The zero-order valence-corrected chi connectivity index (χ0v) is 15.7. The zero-order chi connectivity index (χ0) is 19.9. The summed E-state index contributed by atoms with van der Waals surface area (Å²) in [6.45, 7) is -1.93. The molecule has 0 saturated carbocycles. The largest absolute Gasteiger partial charge is 0.454 e. The number of alkyl halides is 2. The standard InChI is InChI=1S/C18H23F2N5O3/c1-21-18(22-5-3-4-12-8-24-25(2)10-12)23-9-13-6-15-16(27-11-26-15)7-14(13)28-17(19)20/h6-8,10,17H,3-5,9,11H2,1-2H3,(H2,21,22,23). The molecule has 2 N–H and O–H groups in total. The molecule has 0 atom stereocenters. The topological polar surface area (TPSA) is 81.9 Å². The number of nitrogens with zero attached hydrogens (tertiary/aromatic N) is 3. The summed E-state index contributed by atoms with van der Waals surface area (Å²) in [4.78, 5) is 4.15. The maximum absolute atomic E-state index is 12.7. The van der Waals surface area contributed by atoms with E-state index in [2.05, 4.69) is 25.5 Å². The number of aromatic nitrogens is 2. The molecule has 0 spiro atoms. The molecular weight excluding hydrogens is 372 g/mol. The lowest BCUT2D eigenvalue weighted by Crippen LogP contribution is -2.37. The minimum Gasteiger partial charge on any atom is -0.454 e. The summed E-state index contributed by atoms with van der Waals surface area (Å²) >= 11 is 0. The molecule has 3 rings (SSSR count). The molecule has 1 aromatic heterocycles. The van der Waals surface area contributed by atoms with E-state index in [0.717, 1.165) is 12.8 Å². The molecule has 1 aliphatic rings. The molecule has 1 aromatic carbocycles. The van der Waals surface area contributed by atoms with Crippen LogP contribution in [0.25, 0.3) is 0 Å². The van der Waals surface area contributed by atoms with Crippen molar-refractivity contribution in [3.05, 3.63) is 35.7 Å². The molecule has 8 nitrogen and oxygen atoms in total. The Bertz CT molecular complexity index is 826. The Hall–Kier alpha value is -3.04. The molecule has 0 fully saturated rings. The lowest BCUT2D eigenvalue weighted by Gasteiger charge is -2.15. The molecule has 0 saturated heterocycles. The lowest BCUT2D eigenvalue weighted by molar-refractivity contribution is -0.0505. The van der Waals surface area contributed by atoms with Crippen LogP contribution in [0.5, 0.6) is 17.2 Å². The molecule has 28 heavy (non-hydrogen) atoms. The zero-order valence-electron chi connectivity index (χ0n) is 15.7. The third kappa shape index (κ3) is 5.24. The second kappa shape index (κ2) is 9.25. The summed E-state index contributed by atoms with van der Waals surface area (Å²) in [5.74, 6) is 1.49. The fraction of sp³-hybridized carbons (Fsp3) is 0.444. The van der Waals surface area contributed by atoms with E-state index >= 15 is 0 Å². The summed E-state index contributed by atoms with van der Waals surface area (Å²) in [6.07, 6.45) is 5.62. The maximum atomic E-state index is 12.7. The first-order chi connectivity index (χ1) is 13.5. The third-order valence-corrected chi connectivity index (χ3v) is 4.13. The van der Waals surface area contributed by atoms with Gasteiger partial charge in [-0.15, -0.1) is 0 Å². The smallest absolute Gasteiger partial charge is 0.387 e. The number of aliphatic imine (C=N–C) groups is 1. The fourth-order valence-corrected chi connectivity index (χ4v) is 2.81. The Labute approximate surface area is 161 Å². The lowest BCUT2D eigenvalue weighted by atomic mass is 10.1. The Morgan fingerprint density at radius 3 is 2.79 bits per heavy atom. The number of nitrogens with one attached hydrogen (secondary N) is 2. The molecule has 2 aromatic rings. The van der Waals surface area contributed by atoms with E-state index < -0.39 is 6.61 Å². The van der Waals surface area contributed by atoms with Crippen molar-refractivity contribution in [2.24, 2.45) is 12.0 Å². The van der Waals surface area contributed by atoms with E-state index in [4.69, 9.17) is 9.47 Å². The molecule has 152 valence electrons. The highest BCUT2D eigenvalue weighted by molar-refractivity contribution is 5.79. The number of guanidine groups is 1. The Kier molecular flexibility index (Phi) is 6.51. The van der Waals surface area contributed by atoms with E-state index in [1.807, 2.05) is 19.4 Å². The summed E-state index contributed by atoms with van der Waals surface area (Å²) in [5.41, 5.74) is 1.68. The van der Waals surface area contributed by atoms with E-state index in [9.17, 15) is 8.78 Å². The van der Waals surface area contributed by atoms with Gasteiger partial charge < -0.3 is 24.8 Å². The Morgan fingerprint density at radius 1 is 1.32 bits per heavy atom.